The van der Waals surface area contributed by atoms with Gasteiger partial charge in [0.1, 0.15) is 0 Å². The summed E-state index contributed by atoms with van der Waals surface area (Å²) in [7, 11) is 3.77. The predicted molar refractivity (Wildman–Crippen MR) is 124 cm³/mol. The molecule has 0 saturated carbocycles. The number of halogens is 1. The van der Waals surface area contributed by atoms with E-state index in [9.17, 15) is 20.1 Å². The van der Waals surface area contributed by atoms with Gasteiger partial charge in [-0.15, -0.1) is 12.4 Å². The van der Waals surface area contributed by atoms with Crippen LogP contribution in [0.3, 0.4) is 0 Å². The van der Waals surface area contributed by atoms with Gasteiger partial charge in [0.15, 0.2) is 11.5 Å². The Kier molecular flexibility index (Phi) is 7.22. The highest BCUT2D eigenvalue weighted by Crippen LogP contribution is 2.52. The Balaban J connectivity index is 0.00000289. The number of piperidine rings is 1. The molecule has 0 unspecified atom stereocenters. The van der Waals surface area contributed by atoms with Gasteiger partial charge in [0.25, 0.3) is 0 Å². The van der Waals surface area contributed by atoms with E-state index in [2.05, 4.69) is 4.90 Å². The van der Waals surface area contributed by atoms with Crippen LogP contribution in [0.15, 0.2) is 41.2 Å². The van der Waals surface area contributed by atoms with Crippen molar-refractivity contribution in [3.05, 3.63) is 53.5 Å². The lowest BCUT2D eigenvalue weighted by Crippen LogP contribution is -2.62. The predicted octanol–water partition coefficient (Wildman–Crippen LogP) is 3.14. The van der Waals surface area contributed by atoms with Gasteiger partial charge in [-0.3, -0.25) is 4.79 Å². The van der Waals surface area contributed by atoms with Gasteiger partial charge in [-0.05, 0) is 63.0 Å². The largest absolute Gasteiger partial charge is 0.504 e. The fourth-order valence-electron chi connectivity index (χ4n) is 5.21. The maximum atomic E-state index is 12.4. The second kappa shape index (κ2) is 9.57. The number of rotatable bonds is 6. The number of fused-ring (bicyclic) bond motifs is 4. The van der Waals surface area contributed by atoms with Crippen molar-refractivity contribution in [2.45, 2.75) is 43.2 Å². The van der Waals surface area contributed by atoms with Crippen molar-refractivity contribution in [2.75, 3.05) is 27.2 Å². The minimum atomic E-state index is -1.03. The van der Waals surface area contributed by atoms with Crippen LogP contribution in [0.5, 0.6) is 11.5 Å². The Labute approximate surface area is 194 Å². The molecule has 2 aromatic rings. The molecule has 3 atom stereocenters. The van der Waals surface area contributed by atoms with Crippen LogP contribution >= 0.6 is 12.4 Å². The molecule has 1 aromatic heterocycles. The first kappa shape index (κ1) is 24.2. The molecule has 0 radical (unpaired) electrons. The quantitative estimate of drug-likeness (QED) is 0.450. The van der Waals surface area contributed by atoms with Crippen molar-refractivity contribution in [1.82, 2.24) is 9.80 Å². The zero-order chi connectivity index (χ0) is 22.2. The molecular weight excluding hydrogens is 432 g/mol. The third-order valence-electron chi connectivity index (χ3n) is 6.94. The molecule has 7 nitrogen and oxygen atoms in total. The third kappa shape index (κ3) is 4.37. The molecule has 4 rings (SSSR count). The Hall–Kier alpha value is -2.48. The van der Waals surface area contributed by atoms with Gasteiger partial charge >= 0.3 is 0 Å². The first-order valence-electron chi connectivity index (χ1n) is 10.7. The summed E-state index contributed by atoms with van der Waals surface area (Å²) in [4.78, 5) is 16.2. The Morgan fingerprint density at radius 2 is 2.12 bits per heavy atom. The average molecular weight is 463 g/mol. The van der Waals surface area contributed by atoms with E-state index in [4.69, 9.17) is 4.42 Å². The summed E-state index contributed by atoms with van der Waals surface area (Å²) in [6, 6.07) is 5.08. The van der Waals surface area contributed by atoms with E-state index in [1.165, 1.54) is 12.1 Å². The summed E-state index contributed by atoms with van der Waals surface area (Å²) < 4.78 is 4.99. The fourth-order valence-corrected chi connectivity index (χ4v) is 5.21. The molecule has 0 spiro atoms. The summed E-state index contributed by atoms with van der Waals surface area (Å²) in [5, 5.41) is 32.4. The summed E-state index contributed by atoms with van der Waals surface area (Å²) >= 11 is 0. The molecule has 1 aliphatic carbocycles. The summed E-state index contributed by atoms with van der Waals surface area (Å²) in [6.45, 7) is 1.34. The van der Waals surface area contributed by atoms with Gasteiger partial charge < -0.3 is 29.5 Å². The molecule has 1 saturated heterocycles. The van der Waals surface area contributed by atoms with Gasteiger partial charge in [0.2, 0.25) is 5.91 Å². The van der Waals surface area contributed by atoms with Crippen LogP contribution in [-0.4, -0.2) is 69.9 Å². The maximum absolute atomic E-state index is 12.4. The molecule has 2 bridgehead atoms. The van der Waals surface area contributed by atoms with Crippen molar-refractivity contribution in [1.29, 1.82) is 0 Å². The second-order valence-corrected chi connectivity index (χ2v) is 8.79. The number of carbonyl (C=O) groups is 1. The van der Waals surface area contributed by atoms with Crippen LogP contribution in [0.1, 0.15) is 41.9 Å². The highest BCUT2D eigenvalue weighted by Gasteiger charge is 2.53. The number of likely N-dealkylation sites (N-methyl/N-ethyl adjacent to an activating group) is 2. The van der Waals surface area contributed by atoms with Gasteiger partial charge in [-0.25, -0.2) is 0 Å². The number of phenolic OH excluding ortho intramolecular Hbond substituents is 2. The minimum absolute atomic E-state index is 0. The van der Waals surface area contributed by atoms with E-state index in [1.807, 2.05) is 13.1 Å². The number of hydrogen-bond acceptors (Lipinski definition) is 6. The lowest BCUT2D eigenvalue weighted by molar-refractivity contribution is -0.125. The van der Waals surface area contributed by atoms with Gasteiger partial charge in [-0.1, -0.05) is 6.07 Å². The lowest BCUT2D eigenvalue weighted by Gasteiger charge is -2.54. The summed E-state index contributed by atoms with van der Waals surface area (Å²) in [5.41, 5.74) is 1.47. The molecular formula is C24H31ClN2O5. The zero-order valence-corrected chi connectivity index (χ0v) is 19.2. The van der Waals surface area contributed by atoms with E-state index in [0.29, 0.717) is 37.8 Å². The topological polar surface area (TPSA) is 97.4 Å². The molecule has 2 aliphatic rings. The monoisotopic (exact) mass is 462 g/mol. The first-order valence-corrected chi connectivity index (χ1v) is 10.7. The highest BCUT2D eigenvalue weighted by molar-refractivity contribution is 5.91. The van der Waals surface area contributed by atoms with Crippen LogP contribution < -0.4 is 0 Å². The maximum Gasteiger partial charge on any atom is 0.246 e. The normalized spacial score (nSPS) is 24.7. The van der Waals surface area contributed by atoms with Crippen molar-refractivity contribution < 1.29 is 24.5 Å². The third-order valence-corrected chi connectivity index (χ3v) is 6.94. The van der Waals surface area contributed by atoms with Gasteiger partial charge in [0.05, 0.1) is 18.1 Å². The summed E-state index contributed by atoms with van der Waals surface area (Å²) in [5.74, 6) is -0.609. The fraction of sp³-hybridized carbons (Fsp3) is 0.458. The number of furan rings is 1. The Bertz CT molecular complexity index is 977. The SMILES string of the molecule is CN(CCC[C@]1(O)[C@H]2CCN(C)[C@@H]1Cc1ccc(O)c(O)c12)C(=O)/C=C/c1ccoc1.Cl. The van der Waals surface area contributed by atoms with E-state index in [0.717, 1.165) is 17.7 Å². The van der Waals surface area contributed by atoms with E-state index >= 15 is 0 Å². The number of nitrogens with zero attached hydrogens (tertiary/aromatic N) is 2. The van der Waals surface area contributed by atoms with E-state index < -0.39 is 5.60 Å². The van der Waals surface area contributed by atoms with Crippen LogP contribution in [0.25, 0.3) is 6.08 Å². The number of aromatic hydroxyl groups is 2. The number of phenols is 2. The van der Waals surface area contributed by atoms with Crippen LogP contribution in [0.2, 0.25) is 0 Å². The van der Waals surface area contributed by atoms with Crippen molar-refractivity contribution in [3.63, 3.8) is 0 Å². The molecule has 32 heavy (non-hydrogen) atoms. The van der Waals surface area contributed by atoms with Crippen LogP contribution in [0, 0.1) is 0 Å². The highest BCUT2D eigenvalue weighted by atomic mass is 35.5. The second-order valence-electron chi connectivity index (χ2n) is 8.79. The summed E-state index contributed by atoms with van der Waals surface area (Å²) in [6.07, 6.45) is 8.82. The van der Waals surface area contributed by atoms with Gasteiger partial charge in [-0.2, -0.15) is 0 Å². The number of carbonyl (C=O) groups excluding carboxylic acids is 1. The number of amides is 1. The Morgan fingerprint density at radius 1 is 1.34 bits per heavy atom. The van der Waals surface area contributed by atoms with Crippen LogP contribution in [-0.2, 0) is 11.2 Å². The molecule has 1 amide bonds. The van der Waals surface area contributed by atoms with Crippen molar-refractivity contribution in [3.8, 4) is 11.5 Å². The standard InChI is InChI=1S/C24H30N2O5.ClH/c1-25-12-8-18-22-17(5-6-19(27)23(22)29)14-20(25)24(18,30)10-3-11-26(2)21(28)7-4-16-9-13-31-15-16;/h4-7,9,13,15,18,20,27,29-30H,3,8,10-12,14H2,1-2H3;1H/b7-4+;/t18-,20+,24-;/m0./s1. The number of aliphatic hydroxyl groups is 1. The lowest BCUT2D eigenvalue weighted by atomic mass is 9.63. The van der Waals surface area contributed by atoms with Crippen molar-refractivity contribution >= 4 is 24.4 Å². The van der Waals surface area contributed by atoms with E-state index in [1.54, 1.807) is 36.6 Å². The smallest absolute Gasteiger partial charge is 0.246 e. The number of likely N-dealkylation sites (tertiary alicyclic amines) is 1. The van der Waals surface area contributed by atoms with Crippen molar-refractivity contribution in [2.24, 2.45) is 0 Å². The Morgan fingerprint density at radius 3 is 2.84 bits per heavy atom. The minimum Gasteiger partial charge on any atom is -0.504 e. The average Bonchev–Trinajstić information content (AvgIpc) is 3.25. The molecule has 1 aliphatic heterocycles. The number of benzene rings is 1. The first-order chi connectivity index (χ1) is 14.8. The zero-order valence-electron chi connectivity index (χ0n) is 18.4. The van der Waals surface area contributed by atoms with Gasteiger partial charge in [0, 0.05) is 42.8 Å². The molecule has 174 valence electrons. The number of hydrogen-bond donors (Lipinski definition) is 3. The molecule has 2 heterocycles. The molecule has 3 N–H and O–H groups in total. The van der Waals surface area contributed by atoms with E-state index in [-0.39, 0.29) is 41.8 Å². The molecule has 1 fully saturated rings. The van der Waals surface area contributed by atoms with Crippen LogP contribution in [0.4, 0.5) is 0 Å². The molecule has 1 aromatic carbocycles. The molecule has 8 heteroatoms.